The third-order valence-electron chi connectivity index (χ3n) is 6.79. The van der Waals surface area contributed by atoms with Gasteiger partial charge in [0.1, 0.15) is 6.10 Å². The number of ether oxygens (including phenoxy) is 1. The second-order valence-electron chi connectivity index (χ2n) is 8.87. The Kier molecular flexibility index (Phi) is 5.42. The predicted octanol–water partition coefficient (Wildman–Crippen LogP) is 3.38. The first-order valence-electron chi connectivity index (χ1n) is 11.3. The van der Waals surface area contributed by atoms with Gasteiger partial charge in [-0.25, -0.2) is 4.98 Å². The van der Waals surface area contributed by atoms with Crippen LogP contribution >= 0.6 is 0 Å². The number of hydrogen-bond acceptors (Lipinski definition) is 5. The maximum atomic E-state index is 12.9. The van der Waals surface area contributed by atoms with Gasteiger partial charge >= 0.3 is 0 Å². The molecule has 5 rings (SSSR count). The molecule has 2 aliphatic heterocycles. The van der Waals surface area contributed by atoms with Gasteiger partial charge in [-0.05, 0) is 50.3 Å². The van der Waals surface area contributed by atoms with E-state index in [-0.39, 0.29) is 12.0 Å². The summed E-state index contributed by atoms with van der Waals surface area (Å²) in [5.74, 6) is 0.713. The molecular weight excluding hydrogens is 376 g/mol. The highest BCUT2D eigenvalue weighted by molar-refractivity contribution is 5.96. The summed E-state index contributed by atoms with van der Waals surface area (Å²) >= 11 is 0. The highest BCUT2D eigenvalue weighted by Gasteiger charge is 2.30. The Balaban J connectivity index is 1.20. The van der Waals surface area contributed by atoms with Crippen LogP contribution in [0.4, 0.5) is 0 Å². The van der Waals surface area contributed by atoms with Crippen molar-refractivity contribution in [1.82, 2.24) is 19.8 Å². The summed E-state index contributed by atoms with van der Waals surface area (Å²) in [6.07, 6.45) is 9.09. The van der Waals surface area contributed by atoms with Crippen molar-refractivity contribution >= 4 is 5.91 Å². The number of carbonyl (C=O) groups is 1. The molecule has 6 nitrogen and oxygen atoms in total. The van der Waals surface area contributed by atoms with Gasteiger partial charge in [0.2, 0.25) is 5.88 Å². The molecule has 158 valence electrons. The first-order chi connectivity index (χ1) is 14.7. The van der Waals surface area contributed by atoms with Crippen LogP contribution in [0.25, 0.3) is 0 Å². The smallest absolute Gasteiger partial charge is 0.256 e. The van der Waals surface area contributed by atoms with Crippen molar-refractivity contribution in [3.05, 3.63) is 53.0 Å². The Morgan fingerprint density at radius 2 is 1.90 bits per heavy atom. The number of hydrogen-bond donors (Lipinski definition) is 0. The van der Waals surface area contributed by atoms with Gasteiger partial charge in [0.15, 0.2) is 0 Å². The molecule has 2 fully saturated rings. The van der Waals surface area contributed by atoms with Gasteiger partial charge in [0.05, 0.1) is 11.3 Å². The van der Waals surface area contributed by atoms with E-state index in [9.17, 15) is 4.79 Å². The molecule has 2 aromatic heterocycles. The first kappa shape index (κ1) is 19.5. The van der Waals surface area contributed by atoms with Crippen molar-refractivity contribution in [2.75, 3.05) is 19.6 Å². The Bertz CT molecular complexity index is 902. The highest BCUT2D eigenvalue weighted by Crippen LogP contribution is 2.29. The zero-order valence-electron chi connectivity index (χ0n) is 17.7. The molecule has 1 saturated heterocycles. The topological polar surface area (TPSA) is 58.6 Å². The second-order valence-corrected chi connectivity index (χ2v) is 8.87. The van der Waals surface area contributed by atoms with E-state index in [4.69, 9.17) is 9.72 Å². The first-order valence-corrected chi connectivity index (χ1v) is 11.3. The fraction of sp³-hybridized carbons (Fsp3) is 0.542. The maximum absolute atomic E-state index is 12.9. The van der Waals surface area contributed by atoms with Crippen LogP contribution in [0.3, 0.4) is 0 Å². The molecule has 0 spiro atoms. The largest absolute Gasteiger partial charge is 0.474 e. The Morgan fingerprint density at radius 3 is 2.60 bits per heavy atom. The van der Waals surface area contributed by atoms with Crippen LogP contribution in [-0.4, -0.2) is 57.5 Å². The van der Waals surface area contributed by atoms with Crippen LogP contribution in [-0.2, 0) is 13.0 Å². The molecule has 0 radical (unpaired) electrons. The summed E-state index contributed by atoms with van der Waals surface area (Å²) in [7, 11) is 0. The average Bonchev–Trinajstić information content (AvgIpc) is 2.72. The molecule has 1 amide bonds. The number of likely N-dealkylation sites (tertiary alicyclic amines) is 1. The third-order valence-corrected chi connectivity index (χ3v) is 6.79. The standard InChI is InChI=1S/C24H30N4O2/c1-17-5-6-18(15-25-17)16-28-14-11-22-21(24(28)29)7-8-23(26-22)30-20-9-12-27(13-10-20)19-3-2-4-19/h5-8,15,19-20H,2-4,9-14,16H2,1H3. The van der Waals surface area contributed by atoms with Crippen LogP contribution in [0, 0.1) is 6.92 Å². The van der Waals surface area contributed by atoms with Crippen LogP contribution in [0.15, 0.2) is 30.5 Å². The van der Waals surface area contributed by atoms with Crippen molar-refractivity contribution in [3.8, 4) is 5.88 Å². The van der Waals surface area contributed by atoms with Crippen molar-refractivity contribution in [3.63, 3.8) is 0 Å². The van der Waals surface area contributed by atoms with E-state index in [0.717, 1.165) is 55.3 Å². The lowest BCUT2D eigenvalue weighted by molar-refractivity contribution is 0.0473. The van der Waals surface area contributed by atoms with Crippen molar-refractivity contribution in [2.45, 2.75) is 64.1 Å². The number of rotatable bonds is 5. The quantitative estimate of drug-likeness (QED) is 0.762. The van der Waals surface area contributed by atoms with Gasteiger partial charge in [-0.1, -0.05) is 12.5 Å². The Morgan fingerprint density at radius 1 is 1.07 bits per heavy atom. The second kappa shape index (κ2) is 8.34. The van der Waals surface area contributed by atoms with E-state index in [1.807, 2.05) is 42.3 Å². The maximum Gasteiger partial charge on any atom is 0.256 e. The number of amides is 1. The summed E-state index contributed by atoms with van der Waals surface area (Å²) in [6.45, 7) is 5.48. The number of fused-ring (bicyclic) bond motifs is 1. The van der Waals surface area contributed by atoms with Gasteiger partial charge in [-0.15, -0.1) is 0 Å². The molecule has 6 heteroatoms. The minimum Gasteiger partial charge on any atom is -0.474 e. The van der Waals surface area contributed by atoms with Crippen LogP contribution in [0.5, 0.6) is 5.88 Å². The van der Waals surface area contributed by atoms with E-state index >= 15 is 0 Å². The Hall–Kier alpha value is -2.47. The van der Waals surface area contributed by atoms with E-state index in [2.05, 4.69) is 9.88 Å². The fourth-order valence-electron chi connectivity index (χ4n) is 4.69. The van der Waals surface area contributed by atoms with E-state index in [0.29, 0.717) is 24.5 Å². The number of nitrogens with zero attached hydrogens (tertiary/aromatic N) is 4. The van der Waals surface area contributed by atoms with Gasteiger partial charge in [-0.2, -0.15) is 0 Å². The lowest BCUT2D eigenvalue weighted by atomic mass is 9.90. The molecule has 3 aliphatic rings. The number of piperidine rings is 1. The molecule has 0 N–H and O–H groups in total. The SMILES string of the molecule is Cc1ccc(CN2CCc3nc(OC4CCN(C5CCC5)CC4)ccc3C2=O)cn1. The summed E-state index contributed by atoms with van der Waals surface area (Å²) < 4.78 is 6.20. The van der Waals surface area contributed by atoms with Crippen molar-refractivity contribution < 1.29 is 9.53 Å². The normalized spacial score (nSPS) is 20.7. The summed E-state index contributed by atoms with van der Waals surface area (Å²) in [5.41, 5.74) is 3.61. The minimum atomic E-state index is 0.0460. The molecule has 4 heterocycles. The van der Waals surface area contributed by atoms with Gasteiger partial charge in [0.25, 0.3) is 5.91 Å². The predicted molar refractivity (Wildman–Crippen MR) is 115 cm³/mol. The minimum absolute atomic E-state index is 0.0460. The lowest BCUT2D eigenvalue weighted by Crippen LogP contribution is -2.46. The molecule has 0 atom stereocenters. The molecule has 0 unspecified atom stereocenters. The lowest BCUT2D eigenvalue weighted by Gasteiger charge is -2.41. The number of aromatic nitrogens is 2. The molecular formula is C24H30N4O2. The van der Waals surface area contributed by atoms with E-state index in [1.165, 1.54) is 19.3 Å². The summed E-state index contributed by atoms with van der Waals surface area (Å²) in [5, 5.41) is 0. The van der Waals surface area contributed by atoms with E-state index < -0.39 is 0 Å². The van der Waals surface area contributed by atoms with Crippen LogP contribution in [0.1, 0.15) is 59.4 Å². The average molecular weight is 407 g/mol. The molecule has 1 saturated carbocycles. The van der Waals surface area contributed by atoms with Crippen LogP contribution in [0.2, 0.25) is 0 Å². The zero-order valence-corrected chi connectivity index (χ0v) is 17.7. The Labute approximate surface area is 178 Å². The molecule has 30 heavy (non-hydrogen) atoms. The van der Waals surface area contributed by atoms with Gasteiger partial charge in [0, 0.05) is 56.6 Å². The third kappa shape index (κ3) is 4.06. The fourth-order valence-corrected chi connectivity index (χ4v) is 4.69. The number of pyridine rings is 2. The highest BCUT2D eigenvalue weighted by atomic mass is 16.5. The number of aryl methyl sites for hydroxylation is 1. The summed E-state index contributed by atoms with van der Waals surface area (Å²) in [6, 6.07) is 8.60. The molecule has 1 aliphatic carbocycles. The van der Waals surface area contributed by atoms with Crippen molar-refractivity contribution in [1.29, 1.82) is 0 Å². The molecule has 2 aromatic rings. The van der Waals surface area contributed by atoms with Gasteiger partial charge < -0.3 is 14.5 Å². The molecule has 0 bridgehead atoms. The summed E-state index contributed by atoms with van der Waals surface area (Å²) in [4.78, 5) is 26.5. The van der Waals surface area contributed by atoms with Crippen molar-refractivity contribution in [2.24, 2.45) is 0 Å². The number of carbonyl (C=O) groups excluding carboxylic acids is 1. The van der Waals surface area contributed by atoms with E-state index in [1.54, 1.807) is 0 Å². The van der Waals surface area contributed by atoms with Crippen LogP contribution < -0.4 is 4.74 Å². The van der Waals surface area contributed by atoms with Gasteiger partial charge in [-0.3, -0.25) is 9.78 Å². The zero-order chi connectivity index (χ0) is 20.5. The monoisotopic (exact) mass is 406 g/mol. The molecule has 0 aromatic carbocycles.